The van der Waals surface area contributed by atoms with E-state index in [0.29, 0.717) is 5.69 Å². The Morgan fingerprint density at radius 2 is 2.07 bits per heavy atom. The van der Waals surface area contributed by atoms with Crippen molar-refractivity contribution >= 4 is 28.4 Å². The minimum absolute atomic E-state index is 0.546. The number of para-hydroxylation sites is 1. The molecule has 3 heteroatoms. The van der Waals surface area contributed by atoms with Crippen molar-refractivity contribution < 1.29 is 9.21 Å². The molecule has 0 spiro atoms. The SMILES string of the molecule is O=Cc1cc2oc3ccccc3c2[nH]1. The van der Waals surface area contributed by atoms with E-state index in [-0.39, 0.29) is 0 Å². The summed E-state index contributed by atoms with van der Waals surface area (Å²) >= 11 is 0. The second-order valence-corrected chi connectivity index (χ2v) is 3.18. The van der Waals surface area contributed by atoms with Crippen LogP contribution in [0.3, 0.4) is 0 Å². The molecule has 3 nitrogen and oxygen atoms in total. The van der Waals surface area contributed by atoms with E-state index in [1.54, 1.807) is 6.07 Å². The zero-order valence-electron chi connectivity index (χ0n) is 7.28. The lowest BCUT2D eigenvalue weighted by atomic mass is 10.2. The first-order valence-electron chi connectivity index (χ1n) is 4.34. The van der Waals surface area contributed by atoms with Gasteiger partial charge in [0.05, 0.1) is 11.2 Å². The van der Waals surface area contributed by atoms with Crippen molar-refractivity contribution in [2.24, 2.45) is 0 Å². The molecule has 2 aromatic heterocycles. The second kappa shape index (κ2) is 2.48. The summed E-state index contributed by atoms with van der Waals surface area (Å²) in [6.45, 7) is 0. The molecular weight excluding hydrogens is 178 g/mol. The van der Waals surface area contributed by atoms with Gasteiger partial charge in [0, 0.05) is 11.5 Å². The summed E-state index contributed by atoms with van der Waals surface area (Å²) in [6.07, 6.45) is 0.782. The van der Waals surface area contributed by atoms with Crippen LogP contribution in [0.15, 0.2) is 34.7 Å². The Labute approximate surface area is 79.3 Å². The van der Waals surface area contributed by atoms with Crippen molar-refractivity contribution in [1.29, 1.82) is 0 Å². The molecule has 0 saturated carbocycles. The van der Waals surface area contributed by atoms with Gasteiger partial charge in [-0.05, 0) is 12.1 Å². The Hall–Kier alpha value is -2.03. The molecule has 0 aliphatic rings. The summed E-state index contributed by atoms with van der Waals surface area (Å²) in [4.78, 5) is 13.5. The first-order chi connectivity index (χ1) is 6.88. The first kappa shape index (κ1) is 7.38. The average molecular weight is 185 g/mol. The van der Waals surface area contributed by atoms with Crippen LogP contribution in [0.25, 0.3) is 22.1 Å². The molecule has 0 aliphatic heterocycles. The Bertz CT molecular complexity index is 618. The van der Waals surface area contributed by atoms with E-state index in [9.17, 15) is 4.79 Å². The van der Waals surface area contributed by atoms with Gasteiger partial charge >= 0.3 is 0 Å². The van der Waals surface area contributed by atoms with E-state index in [1.807, 2.05) is 24.3 Å². The van der Waals surface area contributed by atoms with Gasteiger partial charge in [-0.3, -0.25) is 4.79 Å². The van der Waals surface area contributed by atoms with Crippen LogP contribution in [0.5, 0.6) is 0 Å². The van der Waals surface area contributed by atoms with E-state index in [1.165, 1.54) is 0 Å². The van der Waals surface area contributed by atoms with E-state index >= 15 is 0 Å². The van der Waals surface area contributed by atoms with Crippen molar-refractivity contribution in [3.63, 3.8) is 0 Å². The smallest absolute Gasteiger partial charge is 0.166 e. The van der Waals surface area contributed by atoms with Gasteiger partial charge in [-0.2, -0.15) is 0 Å². The molecule has 0 amide bonds. The van der Waals surface area contributed by atoms with Gasteiger partial charge < -0.3 is 9.40 Å². The minimum atomic E-state index is 0.546. The van der Waals surface area contributed by atoms with E-state index < -0.39 is 0 Å². The highest BCUT2D eigenvalue weighted by molar-refractivity contribution is 6.04. The molecule has 1 aromatic carbocycles. The fraction of sp³-hybridized carbons (Fsp3) is 0. The number of carbonyl (C=O) groups excluding carboxylic acids is 1. The quantitative estimate of drug-likeness (QED) is 0.592. The normalized spacial score (nSPS) is 11.1. The molecule has 0 saturated heterocycles. The third-order valence-corrected chi connectivity index (χ3v) is 2.31. The summed E-state index contributed by atoms with van der Waals surface area (Å²) in [6, 6.07) is 9.45. The number of aromatic nitrogens is 1. The van der Waals surface area contributed by atoms with Crippen LogP contribution in [0.4, 0.5) is 0 Å². The molecule has 3 aromatic rings. The number of furan rings is 1. The highest BCUT2D eigenvalue weighted by atomic mass is 16.3. The van der Waals surface area contributed by atoms with Gasteiger partial charge in [0.25, 0.3) is 0 Å². The molecule has 0 unspecified atom stereocenters. The number of benzene rings is 1. The van der Waals surface area contributed by atoms with Crippen LogP contribution in [0.2, 0.25) is 0 Å². The largest absolute Gasteiger partial charge is 0.454 e. The summed E-state index contributed by atoms with van der Waals surface area (Å²) in [5.41, 5.74) is 3.01. The summed E-state index contributed by atoms with van der Waals surface area (Å²) in [7, 11) is 0. The maximum atomic E-state index is 10.5. The fourth-order valence-electron chi connectivity index (χ4n) is 1.68. The predicted octanol–water partition coefficient (Wildman–Crippen LogP) is 2.73. The van der Waals surface area contributed by atoms with Gasteiger partial charge in [-0.25, -0.2) is 0 Å². The third-order valence-electron chi connectivity index (χ3n) is 2.31. The van der Waals surface area contributed by atoms with Gasteiger partial charge in [0.1, 0.15) is 5.58 Å². The van der Waals surface area contributed by atoms with Crippen LogP contribution >= 0.6 is 0 Å². The molecule has 68 valence electrons. The summed E-state index contributed by atoms with van der Waals surface area (Å²) in [5, 5.41) is 1.01. The Balaban J connectivity index is 2.50. The van der Waals surface area contributed by atoms with Crippen LogP contribution in [0, 0.1) is 0 Å². The van der Waals surface area contributed by atoms with Gasteiger partial charge in [0.2, 0.25) is 0 Å². The topological polar surface area (TPSA) is 46.0 Å². The number of rotatable bonds is 1. The van der Waals surface area contributed by atoms with Gasteiger partial charge in [-0.1, -0.05) is 12.1 Å². The minimum Gasteiger partial charge on any atom is -0.454 e. The Morgan fingerprint density at radius 3 is 2.93 bits per heavy atom. The molecular formula is C11H7NO2. The highest BCUT2D eigenvalue weighted by Gasteiger charge is 2.08. The highest BCUT2D eigenvalue weighted by Crippen LogP contribution is 2.27. The lowest BCUT2D eigenvalue weighted by Gasteiger charge is -1.85. The van der Waals surface area contributed by atoms with Gasteiger partial charge in [0.15, 0.2) is 11.9 Å². The van der Waals surface area contributed by atoms with Gasteiger partial charge in [-0.15, -0.1) is 0 Å². The molecule has 1 N–H and O–H groups in total. The number of fused-ring (bicyclic) bond motifs is 3. The van der Waals surface area contributed by atoms with E-state index in [0.717, 1.165) is 28.4 Å². The predicted molar refractivity (Wildman–Crippen MR) is 53.5 cm³/mol. The molecule has 0 fully saturated rings. The number of hydrogen-bond donors (Lipinski definition) is 1. The summed E-state index contributed by atoms with van der Waals surface area (Å²) in [5.74, 6) is 0. The molecule has 0 atom stereocenters. The average Bonchev–Trinajstić information content (AvgIpc) is 2.73. The molecule has 0 aliphatic carbocycles. The number of carbonyl (C=O) groups is 1. The first-order valence-corrected chi connectivity index (χ1v) is 4.34. The van der Waals surface area contributed by atoms with Crippen molar-refractivity contribution in [2.45, 2.75) is 0 Å². The Morgan fingerprint density at radius 1 is 1.21 bits per heavy atom. The van der Waals surface area contributed by atoms with Crippen molar-refractivity contribution in [3.8, 4) is 0 Å². The summed E-state index contributed by atoms with van der Waals surface area (Å²) < 4.78 is 5.54. The molecule has 14 heavy (non-hydrogen) atoms. The zero-order valence-corrected chi connectivity index (χ0v) is 7.28. The lowest BCUT2D eigenvalue weighted by molar-refractivity contribution is 0.111. The number of aldehydes is 1. The monoisotopic (exact) mass is 185 g/mol. The standard InChI is InChI=1S/C11H7NO2/c13-6-7-5-10-11(12-7)8-3-1-2-4-9(8)14-10/h1-6,12H. The van der Waals surface area contributed by atoms with E-state index in [4.69, 9.17) is 4.42 Å². The molecule has 0 bridgehead atoms. The maximum absolute atomic E-state index is 10.5. The number of aromatic amines is 1. The van der Waals surface area contributed by atoms with Crippen LogP contribution in [0.1, 0.15) is 10.5 Å². The van der Waals surface area contributed by atoms with Crippen LogP contribution in [-0.2, 0) is 0 Å². The number of hydrogen-bond acceptors (Lipinski definition) is 2. The van der Waals surface area contributed by atoms with Crippen molar-refractivity contribution in [1.82, 2.24) is 4.98 Å². The third kappa shape index (κ3) is 0.836. The molecule has 3 rings (SSSR count). The lowest BCUT2D eigenvalue weighted by Crippen LogP contribution is -1.75. The maximum Gasteiger partial charge on any atom is 0.166 e. The van der Waals surface area contributed by atoms with Crippen LogP contribution in [-0.4, -0.2) is 11.3 Å². The van der Waals surface area contributed by atoms with Crippen molar-refractivity contribution in [3.05, 3.63) is 36.0 Å². The van der Waals surface area contributed by atoms with Crippen molar-refractivity contribution in [2.75, 3.05) is 0 Å². The second-order valence-electron chi connectivity index (χ2n) is 3.18. The zero-order chi connectivity index (χ0) is 9.54. The van der Waals surface area contributed by atoms with Crippen LogP contribution < -0.4 is 0 Å². The van der Waals surface area contributed by atoms with E-state index in [2.05, 4.69) is 4.98 Å². The number of H-pyrrole nitrogens is 1. The Kier molecular flexibility index (Phi) is 1.31. The fourth-order valence-corrected chi connectivity index (χ4v) is 1.68. The molecule has 2 heterocycles. The molecule has 0 radical (unpaired) electrons. The number of nitrogens with one attached hydrogen (secondary N) is 1.